The molecule has 0 aliphatic carbocycles. The van der Waals surface area contributed by atoms with Crippen LogP contribution in [0.2, 0.25) is 5.15 Å². The number of likely N-dealkylation sites (N-methyl/N-ethyl adjacent to an activating group) is 1. The molecular formula is C14H24ClN3O2. The molecule has 1 N–H and O–H groups in total. The second-order valence-corrected chi connectivity index (χ2v) is 5.70. The summed E-state index contributed by atoms with van der Waals surface area (Å²) in [6.07, 6.45) is 0. The lowest BCUT2D eigenvalue weighted by Crippen LogP contribution is -2.43. The van der Waals surface area contributed by atoms with Gasteiger partial charge in [-0.15, -0.1) is 0 Å². The molecule has 0 spiro atoms. The van der Waals surface area contributed by atoms with Gasteiger partial charge in [-0.3, -0.25) is 14.3 Å². The van der Waals surface area contributed by atoms with E-state index < -0.39 is 5.69 Å². The Morgan fingerprint density at radius 2 is 1.75 bits per heavy atom. The Balaban J connectivity index is 3.28. The van der Waals surface area contributed by atoms with Gasteiger partial charge in [-0.2, -0.15) is 0 Å². The number of rotatable bonds is 6. The second-order valence-electron chi connectivity index (χ2n) is 5.32. The van der Waals surface area contributed by atoms with E-state index in [1.165, 1.54) is 4.57 Å². The zero-order valence-corrected chi connectivity index (χ0v) is 13.6. The van der Waals surface area contributed by atoms with Crippen molar-refractivity contribution in [2.75, 3.05) is 19.6 Å². The third kappa shape index (κ3) is 3.52. The molecule has 0 saturated carbocycles. The number of aromatic nitrogens is 2. The minimum atomic E-state index is -0.441. The molecule has 6 heteroatoms. The lowest BCUT2D eigenvalue weighted by atomic mass is 10.1. The Bertz CT molecular complexity index is 559. The van der Waals surface area contributed by atoms with E-state index in [9.17, 15) is 9.59 Å². The van der Waals surface area contributed by atoms with Crippen molar-refractivity contribution in [2.24, 2.45) is 0 Å². The van der Waals surface area contributed by atoms with E-state index in [-0.39, 0.29) is 22.7 Å². The fourth-order valence-electron chi connectivity index (χ4n) is 2.38. The molecule has 1 aromatic heterocycles. The second kappa shape index (κ2) is 7.09. The minimum Gasteiger partial charge on any atom is -0.302 e. The number of H-pyrrole nitrogens is 1. The van der Waals surface area contributed by atoms with Crippen molar-refractivity contribution in [3.63, 3.8) is 0 Å². The normalized spacial score (nSPS) is 13.2. The van der Waals surface area contributed by atoms with Crippen LogP contribution in [-0.4, -0.2) is 34.1 Å². The zero-order chi connectivity index (χ0) is 15.4. The number of hydrogen-bond acceptors (Lipinski definition) is 3. The van der Waals surface area contributed by atoms with Gasteiger partial charge in [-0.1, -0.05) is 39.3 Å². The molecule has 1 atom stereocenters. The molecule has 20 heavy (non-hydrogen) atoms. The highest BCUT2D eigenvalue weighted by Gasteiger charge is 2.19. The van der Waals surface area contributed by atoms with E-state index in [0.29, 0.717) is 12.1 Å². The summed E-state index contributed by atoms with van der Waals surface area (Å²) in [5.74, 6) is -0.0289. The molecule has 0 aliphatic rings. The summed E-state index contributed by atoms with van der Waals surface area (Å²) in [6.45, 7) is 12.2. The standard InChI is InChI=1S/C14H24ClN3O2/c1-6-17(7-2)8-10(5)18-13(19)11(9(3)4)12(15)16-14(18)20/h9-10H,6-8H2,1-5H3,(H,16,20). The van der Waals surface area contributed by atoms with E-state index in [0.717, 1.165) is 13.1 Å². The van der Waals surface area contributed by atoms with Gasteiger partial charge in [0.25, 0.3) is 5.56 Å². The summed E-state index contributed by atoms with van der Waals surface area (Å²) in [6, 6.07) is -0.194. The van der Waals surface area contributed by atoms with Crippen molar-refractivity contribution in [2.45, 2.75) is 46.6 Å². The molecule has 1 rings (SSSR count). The summed E-state index contributed by atoms with van der Waals surface area (Å²) in [7, 11) is 0. The molecule has 114 valence electrons. The number of nitrogens with one attached hydrogen (secondary N) is 1. The highest BCUT2D eigenvalue weighted by molar-refractivity contribution is 6.30. The molecule has 5 nitrogen and oxygen atoms in total. The smallest absolute Gasteiger partial charge is 0.302 e. The van der Waals surface area contributed by atoms with Gasteiger partial charge in [0.2, 0.25) is 0 Å². The molecule has 0 fully saturated rings. The third-order valence-electron chi connectivity index (χ3n) is 3.56. The van der Waals surface area contributed by atoms with E-state index in [1.807, 2.05) is 20.8 Å². The molecule has 0 amide bonds. The summed E-state index contributed by atoms with van der Waals surface area (Å²) in [5.41, 5.74) is -0.255. The first-order valence-electron chi connectivity index (χ1n) is 7.09. The predicted octanol–water partition coefficient (Wildman–Crippen LogP) is 2.22. The zero-order valence-electron chi connectivity index (χ0n) is 12.9. The molecule has 1 aromatic rings. The van der Waals surface area contributed by atoms with Gasteiger partial charge < -0.3 is 4.90 Å². The topological polar surface area (TPSA) is 58.1 Å². The van der Waals surface area contributed by atoms with Gasteiger partial charge in [0.1, 0.15) is 5.15 Å². The third-order valence-corrected chi connectivity index (χ3v) is 3.85. The lowest BCUT2D eigenvalue weighted by molar-refractivity contribution is 0.255. The maximum atomic E-state index is 12.5. The van der Waals surface area contributed by atoms with Crippen LogP contribution in [0.4, 0.5) is 0 Å². The maximum Gasteiger partial charge on any atom is 0.329 e. The fourth-order valence-corrected chi connectivity index (χ4v) is 2.76. The van der Waals surface area contributed by atoms with E-state index in [4.69, 9.17) is 11.6 Å². The van der Waals surface area contributed by atoms with Crippen LogP contribution in [0.15, 0.2) is 9.59 Å². The van der Waals surface area contributed by atoms with Crippen LogP contribution >= 0.6 is 11.6 Å². The predicted molar refractivity (Wildman–Crippen MR) is 82.9 cm³/mol. The molecule has 0 saturated heterocycles. The van der Waals surface area contributed by atoms with Gasteiger partial charge >= 0.3 is 5.69 Å². The minimum absolute atomic E-state index is 0.0289. The van der Waals surface area contributed by atoms with Crippen LogP contribution in [0.25, 0.3) is 0 Å². The van der Waals surface area contributed by atoms with Gasteiger partial charge in [0.05, 0.1) is 11.6 Å². The fraction of sp³-hybridized carbons (Fsp3) is 0.714. The van der Waals surface area contributed by atoms with Gasteiger partial charge in [0, 0.05) is 6.54 Å². The SMILES string of the molecule is CCN(CC)CC(C)n1c(=O)[nH]c(Cl)c(C(C)C)c1=O. The van der Waals surface area contributed by atoms with Gasteiger partial charge in [-0.05, 0) is 25.9 Å². The largest absolute Gasteiger partial charge is 0.329 e. The lowest BCUT2D eigenvalue weighted by Gasteiger charge is -2.24. The van der Waals surface area contributed by atoms with Crippen molar-refractivity contribution in [1.82, 2.24) is 14.5 Å². The van der Waals surface area contributed by atoms with Crippen molar-refractivity contribution in [1.29, 1.82) is 0 Å². The first-order valence-corrected chi connectivity index (χ1v) is 7.47. The van der Waals surface area contributed by atoms with E-state index >= 15 is 0 Å². The number of aromatic amines is 1. The van der Waals surface area contributed by atoms with Crippen LogP contribution in [-0.2, 0) is 0 Å². The summed E-state index contributed by atoms with van der Waals surface area (Å²) >= 11 is 5.99. The maximum absolute atomic E-state index is 12.5. The molecular weight excluding hydrogens is 278 g/mol. The Kier molecular flexibility index (Phi) is 6.02. The van der Waals surface area contributed by atoms with Gasteiger partial charge in [0.15, 0.2) is 0 Å². The number of hydrogen-bond donors (Lipinski definition) is 1. The highest BCUT2D eigenvalue weighted by Crippen LogP contribution is 2.17. The van der Waals surface area contributed by atoms with E-state index in [1.54, 1.807) is 0 Å². The van der Waals surface area contributed by atoms with Crippen molar-refractivity contribution < 1.29 is 0 Å². The number of halogens is 1. The van der Waals surface area contributed by atoms with Crippen LogP contribution in [0.3, 0.4) is 0 Å². The quantitative estimate of drug-likeness (QED) is 0.820. The van der Waals surface area contributed by atoms with Gasteiger partial charge in [-0.25, -0.2) is 4.79 Å². The molecule has 0 aromatic carbocycles. The number of nitrogens with zero attached hydrogens (tertiary/aromatic N) is 2. The average Bonchev–Trinajstić information content (AvgIpc) is 2.34. The molecule has 1 unspecified atom stereocenters. The van der Waals surface area contributed by atoms with Crippen LogP contribution < -0.4 is 11.2 Å². The Labute approximate surface area is 124 Å². The van der Waals surface area contributed by atoms with Crippen molar-refractivity contribution in [3.05, 3.63) is 31.6 Å². The Morgan fingerprint density at radius 3 is 2.20 bits per heavy atom. The first kappa shape index (κ1) is 17.0. The van der Waals surface area contributed by atoms with Crippen LogP contribution in [0.1, 0.15) is 52.1 Å². The average molecular weight is 302 g/mol. The molecule has 0 radical (unpaired) electrons. The monoisotopic (exact) mass is 301 g/mol. The molecule has 0 aliphatic heterocycles. The van der Waals surface area contributed by atoms with Crippen LogP contribution in [0.5, 0.6) is 0 Å². The first-order chi connectivity index (χ1) is 9.33. The Hall–Kier alpha value is -1.07. The van der Waals surface area contributed by atoms with Crippen LogP contribution in [0, 0.1) is 0 Å². The Morgan fingerprint density at radius 1 is 1.20 bits per heavy atom. The van der Waals surface area contributed by atoms with Crippen molar-refractivity contribution in [3.8, 4) is 0 Å². The highest BCUT2D eigenvalue weighted by atomic mass is 35.5. The van der Waals surface area contributed by atoms with E-state index in [2.05, 4.69) is 23.7 Å². The summed E-state index contributed by atoms with van der Waals surface area (Å²) in [4.78, 5) is 29.3. The summed E-state index contributed by atoms with van der Waals surface area (Å²) < 4.78 is 1.28. The van der Waals surface area contributed by atoms with Crippen molar-refractivity contribution >= 4 is 11.6 Å². The summed E-state index contributed by atoms with van der Waals surface area (Å²) in [5, 5.41) is 0.154. The molecule has 1 heterocycles. The molecule has 0 bridgehead atoms.